The molecule has 0 saturated heterocycles. The summed E-state index contributed by atoms with van der Waals surface area (Å²) in [5.41, 5.74) is 1.75. The Labute approximate surface area is 78.4 Å². The van der Waals surface area contributed by atoms with Crippen molar-refractivity contribution >= 4 is 5.91 Å². The molecule has 0 atom stereocenters. The normalized spacial score (nSPS) is 9.77. The first kappa shape index (κ1) is 9.71. The lowest BCUT2D eigenvalue weighted by molar-refractivity contribution is 0.0826. The number of hydrogen-bond donors (Lipinski definition) is 0. The zero-order valence-corrected chi connectivity index (χ0v) is 8.24. The van der Waals surface area contributed by atoms with E-state index in [1.165, 1.54) is 0 Å². The highest BCUT2D eigenvalue weighted by atomic mass is 16.2. The number of carbonyl (C=O) groups is 1. The lowest BCUT2D eigenvalue weighted by Crippen LogP contribution is -2.22. The van der Waals surface area contributed by atoms with Gasteiger partial charge < -0.3 is 4.90 Å². The van der Waals surface area contributed by atoms with E-state index >= 15 is 0 Å². The van der Waals surface area contributed by atoms with Crippen LogP contribution in [0, 0.1) is 0 Å². The molecule has 0 aliphatic heterocycles. The highest BCUT2D eigenvalue weighted by Gasteiger charge is 2.11. The Kier molecular flexibility index (Phi) is 3.01. The zero-order valence-electron chi connectivity index (χ0n) is 8.24. The number of pyridine rings is 1. The predicted molar refractivity (Wildman–Crippen MR) is 51.6 cm³/mol. The summed E-state index contributed by atoms with van der Waals surface area (Å²) in [6, 6.07) is 1.77. The van der Waals surface area contributed by atoms with E-state index in [1.807, 2.05) is 6.92 Å². The average Bonchev–Trinajstić information content (AvgIpc) is 2.16. The fourth-order valence-electron chi connectivity index (χ4n) is 1.16. The van der Waals surface area contributed by atoms with Crippen LogP contribution >= 0.6 is 0 Å². The molecule has 0 fully saturated rings. The summed E-state index contributed by atoms with van der Waals surface area (Å²) in [5, 5.41) is 0. The van der Waals surface area contributed by atoms with Crippen molar-refractivity contribution in [1.82, 2.24) is 9.88 Å². The third kappa shape index (κ3) is 2.05. The van der Waals surface area contributed by atoms with Crippen molar-refractivity contribution in [3.8, 4) is 0 Å². The van der Waals surface area contributed by atoms with Gasteiger partial charge in [0.1, 0.15) is 0 Å². The van der Waals surface area contributed by atoms with Crippen LogP contribution in [0.3, 0.4) is 0 Å². The summed E-state index contributed by atoms with van der Waals surface area (Å²) < 4.78 is 0. The fraction of sp³-hybridized carbons (Fsp3) is 0.400. The standard InChI is InChI=1S/C10H14N2O/c1-4-8-7-11-6-5-9(8)10(13)12(2)3/h5-7H,4H2,1-3H3. The Balaban J connectivity index is 3.06. The molecule has 0 aliphatic carbocycles. The van der Waals surface area contributed by atoms with Gasteiger partial charge in [-0.1, -0.05) is 6.92 Å². The molecule has 0 aliphatic rings. The van der Waals surface area contributed by atoms with Gasteiger partial charge in [-0.25, -0.2) is 0 Å². The van der Waals surface area contributed by atoms with Gasteiger partial charge in [0, 0.05) is 32.1 Å². The Morgan fingerprint density at radius 2 is 2.23 bits per heavy atom. The number of aryl methyl sites for hydroxylation is 1. The van der Waals surface area contributed by atoms with Gasteiger partial charge in [0.05, 0.1) is 0 Å². The van der Waals surface area contributed by atoms with Crippen molar-refractivity contribution in [1.29, 1.82) is 0 Å². The van der Waals surface area contributed by atoms with Crippen LogP contribution in [0.15, 0.2) is 18.5 Å². The molecule has 1 rings (SSSR count). The first-order chi connectivity index (χ1) is 6.16. The van der Waals surface area contributed by atoms with Crippen LogP contribution in [-0.2, 0) is 6.42 Å². The number of amides is 1. The maximum atomic E-state index is 11.6. The number of aromatic nitrogens is 1. The van der Waals surface area contributed by atoms with Crippen LogP contribution in [0.4, 0.5) is 0 Å². The topological polar surface area (TPSA) is 33.2 Å². The third-order valence-corrected chi connectivity index (χ3v) is 1.92. The van der Waals surface area contributed by atoms with Gasteiger partial charge in [0.25, 0.3) is 5.91 Å². The van der Waals surface area contributed by atoms with Crippen molar-refractivity contribution in [2.75, 3.05) is 14.1 Å². The van der Waals surface area contributed by atoms with Gasteiger partial charge >= 0.3 is 0 Å². The molecule has 0 aromatic carbocycles. The lowest BCUT2D eigenvalue weighted by atomic mass is 10.1. The first-order valence-electron chi connectivity index (χ1n) is 4.31. The molecule has 1 aromatic heterocycles. The van der Waals surface area contributed by atoms with Crippen molar-refractivity contribution in [2.45, 2.75) is 13.3 Å². The number of nitrogens with zero attached hydrogens (tertiary/aromatic N) is 2. The minimum atomic E-state index is 0.0410. The van der Waals surface area contributed by atoms with Crippen LogP contribution in [0.25, 0.3) is 0 Å². The highest BCUT2D eigenvalue weighted by molar-refractivity contribution is 5.95. The van der Waals surface area contributed by atoms with Gasteiger partial charge in [0.15, 0.2) is 0 Å². The quantitative estimate of drug-likeness (QED) is 0.684. The zero-order chi connectivity index (χ0) is 9.84. The Morgan fingerprint density at radius 1 is 1.54 bits per heavy atom. The number of carbonyl (C=O) groups excluding carboxylic acids is 1. The lowest BCUT2D eigenvalue weighted by Gasteiger charge is -2.12. The van der Waals surface area contributed by atoms with Crippen molar-refractivity contribution in [3.63, 3.8) is 0 Å². The minimum absolute atomic E-state index is 0.0410. The largest absolute Gasteiger partial charge is 0.345 e. The van der Waals surface area contributed by atoms with Crippen LogP contribution in [0.1, 0.15) is 22.8 Å². The molecule has 0 unspecified atom stereocenters. The van der Waals surface area contributed by atoms with Gasteiger partial charge in [-0.3, -0.25) is 9.78 Å². The van der Waals surface area contributed by atoms with Gasteiger partial charge in [-0.2, -0.15) is 0 Å². The summed E-state index contributed by atoms with van der Waals surface area (Å²) in [6.07, 6.45) is 4.23. The van der Waals surface area contributed by atoms with Gasteiger partial charge in [-0.05, 0) is 18.1 Å². The third-order valence-electron chi connectivity index (χ3n) is 1.92. The molecule has 1 aromatic rings. The van der Waals surface area contributed by atoms with Crippen molar-refractivity contribution in [2.24, 2.45) is 0 Å². The monoisotopic (exact) mass is 178 g/mol. The molecule has 13 heavy (non-hydrogen) atoms. The number of rotatable bonds is 2. The van der Waals surface area contributed by atoms with E-state index in [1.54, 1.807) is 37.5 Å². The van der Waals surface area contributed by atoms with E-state index in [0.717, 1.165) is 17.5 Å². The van der Waals surface area contributed by atoms with E-state index in [0.29, 0.717) is 0 Å². The molecular weight excluding hydrogens is 164 g/mol. The van der Waals surface area contributed by atoms with Crippen LogP contribution in [0.5, 0.6) is 0 Å². The Bertz CT molecular complexity index is 308. The Hall–Kier alpha value is -1.38. The molecule has 0 saturated carbocycles. The summed E-state index contributed by atoms with van der Waals surface area (Å²) in [4.78, 5) is 17.2. The van der Waals surface area contributed by atoms with Gasteiger partial charge in [0.2, 0.25) is 0 Å². The number of hydrogen-bond acceptors (Lipinski definition) is 2. The first-order valence-corrected chi connectivity index (χ1v) is 4.31. The molecule has 70 valence electrons. The second-order valence-electron chi connectivity index (χ2n) is 3.09. The molecule has 0 bridgehead atoms. The molecule has 3 nitrogen and oxygen atoms in total. The van der Waals surface area contributed by atoms with E-state index in [4.69, 9.17) is 0 Å². The van der Waals surface area contributed by atoms with Crippen molar-refractivity contribution in [3.05, 3.63) is 29.6 Å². The molecule has 1 amide bonds. The molecule has 1 heterocycles. The van der Waals surface area contributed by atoms with Crippen LogP contribution in [0.2, 0.25) is 0 Å². The second kappa shape index (κ2) is 4.03. The average molecular weight is 178 g/mol. The maximum Gasteiger partial charge on any atom is 0.253 e. The van der Waals surface area contributed by atoms with Crippen molar-refractivity contribution < 1.29 is 4.79 Å². The van der Waals surface area contributed by atoms with Crippen LogP contribution < -0.4 is 0 Å². The fourth-order valence-corrected chi connectivity index (χ4v) is 1.16. The highest BCUT2D eigenvalue weighted by Crippen LogP contribution is 2.09. The molecule has 3 heteroatoms. The van der Waals surface area contributed by atoms with E-state index in [9.17, 15) is 4.79 Å². The van der Waals surface area contributed by atoms with E-state index in [-0.39, 0.29) is 5.91 Å². The van der Waals surface area contributed by atoms with E-state index < -0.39 is 0 Å². The molecule has 0 spiro atoms. The Morgan fingerprint density at radius 3 is 2.77 bits per heavy atom. The SMILES string of the molecule is CCc1cnccc1C(=O)N(C)C. The minimum Gasteiger partial charge on any atom is -0.345 e. The molecule has 0 radical (unpaired) electrons. The van der Waals surface area contributed by atoms with Gasteiger partial charge in [-0.15, -0.1) is 0 Å². The van der Waals surface area contributed by atoms with Crippen LogP contribution in [-0.4, -0.2) is 29.9 Å². The molecular formula is C10H14N2O. The molecule has 0 N–H and O–H groups in total. The summed E-state index contributed by atoms with van der Waals surface area (Å²) >= 11 is 0. The summed E-state index contributed by atoms with van der Waals surface area (Å²) in [7, 11) is 3.50. The summed E-state index contributed by atoms with van der Waals surface area (Å²) in [5.74, 6) is 0.0410. The maximum absolute atomic E-state index is 11.6. The predicted octanol–water partition coefficient (Wildman–Crippen LogP) is 1.35. The second-order valence-corrected chi connectivity index (χ2v) is 3.09. The van der Waals surface area contributed by atoms with E-state index in [2.05, 4.69) is 4.98 Å². The summed E-state index contributed by atoms with van der Waals surface area (Å²) in [6.45, 7) is 2.02. The smallest absolute Gasteiger partial charge is 0.253 e.